The van der Waals surface area contributed by atoms with Crippen molar-refractivity contribution in [2.45, 2.75) is 37.9 Å². The van der Waals surface area contributed by atoms with Gasteiger partial charge in [-0.05, 0) is 43.4 Å². The van der Waals surface area contributed by atoms with Crippen molar-refractivity contribution in [2.24, 2.45) is 5.92 Å². The minimum absolute atomic E-state index is 0.0525. The number of nitrogens with zero attached hydrogens (tertiary/aromatic N) is 1. The summed E-state index contributed by atoms with van der Waals surface area (Å²) in [5, 5.41) is 0. The lowest BCUT2D eigenvalue weighted by atomic mass is 9.99. The third-order valence-corrected chi connectivity index (χ3v) is 5.98. The molecule has 2 N–H and O–H groups in total. The van der Waals surface area contributed by atoms with Crippen LogP contribution >= 0.6 is 0 Å². The molecular formula is C24H29N3O3. The average molecular weight is 408 g/mol. The summed E-state index contributed by atoms with van der Waals surface area (Å²) in [7, 11) is 0. The molecule has 2 fully saturated rings. The molecule has 0 aliphatic carbocycles. The molecule has 0 bridgehead atoms. The number of nitrogens with one attached hydrogen (secondary N) is 2. The molecule has 2 saturated heterocycles. The van der Waals surface area contributed by atoms with Crippen molar-refractivity contribution in [3.05, 3.63) is 71.8 Å². The van der Waals surface area contributed by atoms with Gasteiger partial charge in [0, 0.05) is 13.1 Å². The first-order chi connectivity index (χ1) is 14.7. The van der Waals surface area contributed by atoms with Crippen molar-refractivity contribution >= 4 is 11.8 Å². The highest BCUT2D eigenvalue weighted by molar-refractivity contribution is 6.05. The molecule has 2 aromatic rings. The first-order valence-corrected chi connectivity index (χ1v) is 10.8. The van der Waals surface area contributed by atoms with E-state index >= 15 is 0 Å². The van der Waals surface area contributed by atoms with Gasteiger partial charge >= 0.3 is 0 Å². The van der Waals surface area contributed by atoms with E-state index in [9.17, 15) is 9.59 Å². The van der Waals surface area contributed by atoms with E-state index in [1.54, 1.807) is 0 Å². The maximum absolute atomic E-state index is 11.6. The van der Waals surface area contributed by atoms with Crippen molar-refractivity contribution in [1.29, 1.82) is 0 Å². The topological polar surface area (TPSA) is 70.7 Å². The summed E-state index contributed by atoms with van der Waals surface area (Å²) >= 11 is 0. The second kappa shape index (κ2) is 9.87. The van der Waals surface area contributed by atoms with E-state index in [1.807, 2.05) is 12.1 Å². The smallest absolute Gasteiger partial charge is 0.251 e. The number of benzene rings is 2. The summed E-state index contributed by atoms with van der Waals surface area (Å²) in [6, 6.07) is 20.8. The van der Waals surface area contributed by atoms with E-state index < -0.39 is 5.92 Å². The van der Waals surface area contributed by atoms with Crippen LogP contribution in [0.25, 0.3) is 0 Å². The van der Waals surface area contributed by atoms with Gasteiger partial charge in [0.2, 0.25) is 0 Å². The van der Waals surface area contributed by atoms with Gasteiger partial charge in [0.25, 0.3) is 11.8 Å². The Labute approximate surface area is 177 Å². The van der Waals surface area contributed by atoms with Gasteiger partial charge in [0.15, 0.2) is 0 Å². The zero-order valence-electron chi connectivity index (χ0n) is 17.1. The third kappa shape index (κ3) is 5.07. The number of piperidine rings is 1. The highest BCUT2D eigenvalue weighted by Crippen LogP contribution is 2.30. The van der Waals surface area contributed by atoms with Crippen LogP contribution in [-0.2, 0) is 14.3 Å². The lowest BCUT2D eigenvalue weighted by Crippen LogP contribution is -2.38. The van der Waals surface area contributed by atoms with Crippen molar-refractivity contribution in [2.75, 3.05) is 19.6 Å². The minimum atomic E-state index is -0.539. The van der Waals surface area contributed by atoms with E-state index in [0.717, 1.165) is 38.9 Å². The molecule has 6 nitrogen and oxygen atoms in total. The Balaban J connectivity index is 1.28. The molecule has 2 aliphatic heterocycles. The maximum atomic E-state index is 11.6. The van der Waals surface area contributed by atoms with Crippen LogP contribution in [0, 0.1) is 5.92 Å². The number of ether oxygens (including phenoxy) is 1. The van der Waals surface area contributed by atoms with Gasteiger partial charge in [-0.25, -0.2) is 0 Å². The average Bonchev–Trinajstić information content (AvgIpc) is 3.12. The van der Waals surface area contributed by atoms with Gasteiger partial charge < -0.3 is 9.64 Å². The molecule has 2 amide bonds. The van der Waals surface area contributed by atoms with Crippen molar-refractivity contribution < 1.29 is 14.3 Å². The van der Waals surface area contributed by atoms with Crippen molar-refractivity contribution in [1.82, 2.24) is 15.8 Å². The molecule has 0 atom stereocenters. The summed E-state index contributed by atoms with van der Waals surface area (Å²) in [6.07, 6.45) is 3.58. The zero-order chi connectivity index (χ0) is 20.8. The minimum Gasteiger partial charge on any atom is -0.365 e. The van der Waals surface area contributed by atoms with Crippen LogP contribution in [0.4, 0.5) is 0 Å². The standard InChI is InChI=1S/C24H29N3O3/c28-23-21(24(29)26-25-23)12-7-15-27-16-13-20(14-17-27)30-22(18-8-3-1-4-9-18)19-10-5-2-6-11-19/h1-6,8-11,20-22H,7,12-17H2,(H,25,28)(H,26,29). The molecule has 0 spiro atoms. The van der Waals surface area contributed by atoms with Gasteiger partial charge in [-0.15, -0.1) is 0 Å². The number of carbonyl (C=O) groups is 2. The van der Waals surface area contributed by atoms with Crippen LogP contribution in [0.1, 0.15) is 42.9 Å². The van der Waals surface area contributed by atoms with E-state index in [4.69, 9.17) is 4.74 Å². The second-order valence-electron chi connectivity index (χ2n) is 8.05. The second-order valence-corrected chi connectivity index (χ2v) is 8.05. The first-order valence-electron chi connectivity index (χ1n) is 10.8. The molecule has 2 aromatic carbocycles. The fraction of sp³-hybridized carbons (Fsp3) is 0.417. The normalized spacial score (nSPS) is 18.6. The number of carbonyl (C=O) groups excluding carboxylic acids is 2. The lowest BCUT2D eigenvalue weighted by molar-refractivity contribution is -0.128. The fourth-order valence-electron chi connectivity index (χ4n) is 4.26. The first kappa shape index (κ1) is 20.6. The Kier molecular flexibility index (Phi) is 6.77. The maximum Gasteiger partial charge on any atom is 0.251 e. The van der Waals surface area contributed by atoms with E-state index in [2.05, 4.69) is 64.3 Å². The Hall–Kier alpha value is -2.70. The van der Waals surface area contributed by atoms with Crippen LogP contribution in [-0.4, -0.2) is 42.5 Å². The lowest BCUT2D eigenvalue weighted by Gasteiger charge is -2.34. The summed E-state index contributed by atoms with van der Waals surface area (Å²) in [4.78, 5) is 25.7. The zero-order valence-corrected chi connectivity index (χ0v) is 17.1. The molecule has 0 saturated carbocycles. The molecule has 30 heavy (non-hydrogen) atoms. The van der Waals surface area contributed by atoms with Crippen molar-refractivity contribution in [3.8, 4) is 0 Å². The van der Waals surface area contributed by atoms with E-state index in [0.29, 0.717) is 6.42 Å². The molecular weight excluding hydrogens is 378 g/mol. The van der Waals surface area contributed by atoms with Crippen LogP contribution in [0.5, 0.6) is 0 Å². The number of rotatable bonds is 8. The quantitative estimate of drug-likeness (QED) is 0.660. The van der Waals surface area contributed by atoms with Gasteiger partial charge in [-0.1, -0.05) is 60.7 Å². The third-order valence-electron chi connectivity index (χ3n) is 5.98. The monoisotopic (exact) mass is 407 g/mol. The summed E-state index contributed by atoms with van der Waals surface area (Å²) in [5.41, 5.74) is 7.14. The molecule has 2 heterocycles. The number of amides is 2. The molecule has 6 heteroatoms. The molecule has 0 unspecified atom stereocenters. The Morgan fingerprint density at radius 2 is 1.40 bits per heavy atom. The molecule has 0 radical (unpaired) electrons. The number of hydrogen-bond donors (Lipinski definition) is 2. The van der Waals surface area contributed by atoms with E-state index in [1.165, 1.54) is 11.1 Å². The SMILES string of the molecule is O=C1NNC(=O)C1CCCN1CCC(OC(c2ccccc2)c2ccccc2)CC1. The number of hydrogen-bond acceptors (Lipinski definition) is 4. The Morgan fingerprint density at radius 3 is 1.93 bits per heavy atom. The molecule has 4 rings (SSSR count). The fourth-order valence-corrected chi connectivity index (χ4v) is 4.26. The van der Waals surface area contributed by atoms with Gasteiger partial charge in [-0.2, -0.15) is 0 Å². The predicted molar refractivity (Wildman–Crippen MR) is 114 cm³/mol. The summed E-state index contributed by atoms with van der Waals surface area (Å²) < 4.78 is 6.59. The summed E-state index contributed by atoms with van der Waals surface area (Å²) in [6.45, 7) is 2.86. The van der Waals surface area contributed by atoms with E-state index in [-0.39, 0.29) is 24.0 Å². The van der Waals surface area contributed by atoms with Gasteiger partial charge in [0.1, 0.15) is 12.0 Å². The van der Waals surface area contributed by atoms with Gasteiger partial charge in [0.05, 0.1) is 6.10 Å². The van der Waals surface area contributed by atoms with Gasteiger partial charge in [-0.3, -0.25) is 20.4 Å². The Morgan fingerprint density at radius 1 is 0.867 bits per heavy atom. The van der Waals surface area contributed by atoms with Crippen LogP contribution in [0.2, 0.25) is 0 Å². The highest BCUT2D eigenvalue weighted by Gasteiger charge is 2.32. The number of likely N-dealkylation sites (tertiary alicyclic amines) is 1. The van der Waals surface area contributed by atoms with Crippen LogP contribution in [0.15, 0.2) is 60.7 Å². The predicted octanol–water partition coefficient (Wildman–Crippen LogP) is 2.81. The molecule has 158 valence electrons. The Bertz CT molecular complexity index is 780. The molecule has 2 aliphatic rings. The van der Waals surface area contributed by atoms with Crippen LogP contribution < -0.4 is 10.9 Å². The highest BCUT2D eigenvalue weighted by atomic mass is 16.5. The van der Waals surface area contributed by atoms with Crippen molar-refractivity contribution in [3.63, 3.8) is 0 Å². The summed E-state index contributed by atoms with van der Waals surface area (Å²) in [5.74, 6) is -0.955. The van der Waals surface area contributed by atoms with Crippen LogP contribution in [0.3, 0.4) is 0 Å². The molecule has 0 aromatic heterocycles. The number of hydrazine groups is 1. The largest absolute Gasteiger partial charge is 0.365 e.